The number of benzene rings is 1. The first-order valence-corrected chi connectivity index (χ1v) is 7.43. The van der Waals surface area contributed by atoms with E-state index in [1.54, 1.807) is 19.2 Å². The zero-order valence-electron chi connectivity index (χ0n) is 11.4. The number of nitrogens with one attached hydrogen (secondary N) is 1. The fourth-order valence-corrected chi connectivity index (χ4v) is 2.49. The molecule has 0 aliphatic carbocycles. The molecule has 1 atom stereocenters. The average Bonchev–Trinajstić information content (AvgIpc) is 2.43. The normalized spacial score (nSPS) is 12.0. The van der Waals surface area contributed by atoms with Crippen molar-refractivity contribution in [3.63, 3.8) is 0 Å². The lowest BCUT2D eigenvalue weighted by molar-refractivity contribution is -0.115. The van der Waals surface area contributed by atoms with Gasteiger partial charge in [0, 0.05) is 17.6 Å². The Morgan fingerprint density at radius 2 is 2.19 bits per heavy atom. The number of halogens is 2. The first-order chi connectivity index (χ1) is 9.95. The number of thioether (sulfide) groups is 1. The van der Waals surface area contributed by atoms with Gasteiger partial charge in [-0.1, -0.05) is 23.4 Å². The Morgan fingerprint density at radius 3 is 2.86 bits per heavy atom. The second-order valence-corrected chi connectivity index (χ2v) is 6.07. The average molecular weight is 326 g/mol. The number of aryl methyl sites for hydroxylation is 1. The highest BCUT2D eigenvalue weighted by molar-refractivity contribution is 8.00. The van der Waals surface area contributed by atoms with Gasteiger partial charge in [-0.3, -0.25) is 4.79 Å². The fraction of sp³-hybridized carbons (Fsp3) is 0.214. The van der Waals surface area contributed by atoms with Crippen LogP contribution in [0.1, 0.15) is 12.6 Å². The third-order valence-electron chi connectivity index (χ3n) is 2.61. The molecule has 1 amide bonds. The molecule has 1 aromatic heterocycles. The lowest BCUT2D eigenvalue weighted by atomic mass is 10.3. The molecule has 0 radical (unpaired) electrons. The van der Waals surface area contributed by atoms with E-state index in [0.29, 0.717) is 10.8 Å². The van der Waals surface area contributed by atoms with Gasteiger partial charge in [-0.15, -0.1) is 0 Å². The Kier molecular flexibility index (Phi) is 5.14. The number of amides is 1. The standard InChI is InChI=1S/C14H13ClFN3OS/c1-8-5-6-17-14(18-8)21-9(2)13(20)19-10-3-4-12(16)11(15)7-10/h3-7,9H,1-2H3,(H,19,20). The zero-order chi connectivity index (χ0) is 15.4. The Labute approximate surface area is 131 Å². The summed E-state index contributed by atoms with van der Waals surface area (Å²) < 4.78 is 13.1. The number of hydrogen-bond donors (Lipinski definition) is 1. The highest BCUT2D eigenvalue weighted by atomic mass is 35.5. The fourth-order valence-electron chi connectivity index (χ4n) is 1.51. The van der Waals surface area contributed by atoms with Gasteiger partial charge in [-0.2, -0.15) is 0 Å². The van der Waals surface area contributed by atoms with Crippen molar-refractivity contribution in [1.82, 2.24) is 9.97 Å². The molecule has 0 bridgehead atoms. The van der Waals surface area contributed by atoms with Gasteiger partial charge < -0.3 is 5.32 Å². The summed E-state index contributed by atoms with van der Waals surface area (Å²) in [4.78, 5) is 20.4. The summed E-state index contributed by atoms with van der Waals surface area (Å²) in [7, 11) is 0. The van der Waals surface area contributed by atoms with Crippen molar-refractivity contribution in [2.45, 2.75) is 24.3 Å². The van der Waals surface area contributed by atoms with Crippen molar-refractivity contribution in [3.8, 4) is 0 Å². The predicted octanol–water partition coefficient (Wildman–Crippen LogP) is 3.70. The van der Waals surface area contributed by atoms with E-state index in [4.69, 9.17) is 11.6 Å². The molecule has 1 unspecified atom stereocenters. The molecule has 1 aromatic carbocycles. The number of rotatable bonds is 4. The van der Waals surface area contributed by atoms with E-state index in [1.807, 2.05) is 6.92 Å². The number of hydrogen-bond acceptors (Lipinski definition) is 4. The van der Waals surface area contributed by atoms with Gasteiger partial charge in [0.25, 0.3) is 0 Å². The monoisotopic (exact) mass is 325 g/mol. The van der Waals surface area contributed by atoms with E-state index in [0.717, 1.165) is 5.69 Å². The number of aromatic nitrogens is 2. The molecule has 0 saturated carbocycles. The van der Waals surface area contributed by atoms with Crippen molar-refractivity contribution < 1.29 is 9.18 Å². The van der Waals surface area contributed by atoms with Crippen LogP contribution in [0.25, 0.3) is 0 Å². The smallest absolute Gasteiger partial charge is 0.237 e. The van der Waals surface area contributed by atoms with Gasteiger partial charge in [0.2, 0.25) is 5.91 Å². The molecule has 2 aromatic rings. The van der Waals surface area contributed by atoms with Crippen molar-refractivity contribution in [2.75, 3.05) is 5.32 Å². The molecule has 21 heavy (non-hydrogen) atoms. The third-order valence-corrected chi connectivity index (χ3v) is 3.88. The predicted molar refractivity (Wildman–Crippen MR) is 82.1 cm³/mol. The second-order valence-electron chi connectivity index (χ2n) is 4.36. The first-order valence-electron chi connectivity index (χ1n) is 6.18. The van der Waals surface area contributed by atoms with Crippen LogP contribution in [0.15, 0.2) is 35.6 Å². The van der Waals surface area contributed by atoms with Gasteiger partial charge >= 0.3 is 0 Å². The number of anilines is 1. The summed E-state index contributed by atoms with van der Waals surface area (Å²) >= 11 is 6.92. The van der Waals surface area contributed by atoms with E-state index >= 15 is 0 Å². The maximum Gasteiger partial charge on any atom is 0.237 e. The topological polar surface area (TPSA) is 54.9 Å². The van der Waals surface area contributed by atoms with Gasteiger partial charge in [0.15, 0.2) is 5.16 Å². The van der Waals surface area contributed by atoms with E-state index < -0.39 is 11.1 Å². The lowest BCUT2D eigenvalue weighted by Gasteiger charge is -2.11. The molecular weight excluding hydrogens is 313 g/mol. The van der Waals surface area contributed by atoms with Crippen LogP contribution >= 0.6 is 23.4 Å². The zero-order valence-corrected chi connectivity index (χ0v) is 13.0. The molecular formula is C14H13ClFN3OS. The Balaban J connectivity index is 2.00. The highest BCUT2D eigenvalue weighted by Crippen LogP contribution is 2.23. The molecule has 2 rings (SSSR count). The van der Waals surface area contributed by atoms with Crippen LogP contribution in [-0.4, -0.2) is 21.1 Å². The van der Waals surface area contributed by atoms with E-state index in [-0.39, 0.29) is 10.9 Å². The summed E-state index contributed by atoms with van der Waals surface area (Å²) in [5, 5.41) is 2.79. The second kappa shape index (κ2) is 6.87. The van der Waals surface area contributed by atoms with Crippen LogP contribution < -0.4 is 5.32 Å². The van der Waals surface area contributed by atoms with Crippen LogP contribution in [0.5, 0.6) is 0 Å². The van der Waals surface area contributed by atoms with Crippen molar-refractivity contribution >= 4 is 35.0 Å². The summed E-state index contributed by atoms with van der Waals surface area (Å²) in [6.07, 6.45) is 1.65. The van der Waals surface area contributed by atoms with Crippen molar-refractivity contribution in [2.24, 2.45) is 0 Å². The first kappa shape index (κ1) is 15.7. The summed E-state index contributed by atoms with van der Waals surface area (Å²) in [5.74, 6) is -0.752. The molecule has 0 spiro atoms. The number of carbonyl (C=O) groups excluding carboxylic acids is 1. The minimum atomic E-state index is -0.523. The summed E-state index contributed by atoms with van der Waals surface area (Å²) in [6.45, 7) is 3.60. The molecule has 0 aliphatic heterocycles. The van der Waals surface area contributed by atoms with Crippen molar-refractivity contribution in [3.05, 3.63) is 47.0 Å². The SMILES string of the molecule is Cc1ccnc(SC(C)C(=O)Nc2ccc(F)c(Cl)c2)n1. The van der Waals surface area contributed by atoms with Crippen LogP contribution in [-0.2, 0) is 4.79 Å². The largest absolute Gasteiger partial charge is 0.325 e. The van der Waals surface area contributed by atoms with Crippen molar-refractivity contribution in [1.29, 1.82) is 0 Å². The van der Waals surface area contributed by atoms with Gasteiger partial charge in [-0.05, 0) is 38.1 Å². The third kappa shape index (κ3) is 4.41. The van der Waals surface area contributed by atoms with E-state index in [1.165, 1.54) is 30.0 Å². The van der Waals surface area contributed by atoms with Crippen LogP contribution in [0.4, 0.5) is 10.1 Å². The Morgan fingerprint density at radius 1 is 1.43 bits per heavy atom. The van der Waals surface area contributed by atoms with E-state index in [9.17, 15) is 9.18 Å². The molecule has 0 aliphatic rings. The Bertz CT molecular complexity index is 668. The molecule has 1 heterocycles. The lowest BCUT2D eigenvalue weighted by Crippen LogP contribution is -2.22. The maximum atomic E-state index is 13.1. The van der Waals surface area contributed by atoms with Gasteiger partial charge in [0.1, 0.15) is 5.82 Å². The molecule has 110 valence electrons. The van der Waals surface area contributed by atoms with Crippen LogP contribution in [0, 0.1) is 12.7 Å². The van der Waals surface area contributed by atoms with E-state index in [2.05, 4.69) is 15.3 Å². The highest BCUT2D eigenvalue weighted by Gasteiger charge is 2.16. The van der Waals surface area contributed by atoms with Crippen LogP contribution in [0.2, 0.25) is 5.02 Å². The summed E-state index contributed by atoms with van der Waals surface area (Å²) in [6, 6.07) is 5.82. The molecule has 4 nitrogen and oxygen atoms in total. The maximum absolute atomic E-state index is 13.1. The number of nitrogens with zero attached hydrogens (tertiary/aromatic N) is 2. The van der Waals surface area contributed by atoms with Gasteiger partial charge in [0.05, 0.1) is 10.3 Å². The quantitative estimate of drug-likeness (QED) is 0.688. The summed E-state index contributed by atoms with van der Waals surface area (Å²) in [5.41, 5.74) is 1.29. The van der Waals surface area contributed by atoms with Gasteiger partial charge in [-0.25, -0.2) is 14.4 Å². The molecule has 0 saturated heterocycles. The minimum Gasteiger partial charge on any atom is -0.325 e. The minimum absolute atomic E-state index is 0.0323. The molecule has 1 N–H and O–H groups in total. The molecule has 0 fully saturated rings. The Hall–Kier alpha value is -1.66. The van der Waals surface area contributed by atoms with Crippen LogP contribution in [0.3, 0.4) is 0 Å². The molecule has 7 heteroatoms. The number of carbonyl (C=O) groups is 1.